The number of para-hydroxylation sites is 1. The summed E-state index contributed by atoms with van der Waals surface area (Å²) in [5.74, 6) is -0.0573. The summed E-state index contributed by atoms with van der Waals surface area (Å²) in [6.07, 6.45) is 8.06. The van der Waals surface area contributed by atoms with Gasteiger partial charge in [0.2, 0.25) is 10.0 Å². The first-order valence-electron chi connectivity index (χ1n) is 11.7. The van der Waals surface area contributed by atoms with Crippen LogP contribution in [-0.4, -0.2) is 27.5 Å². The SMILES string of the molecule is CCCCCCNc1cc(C(=O)OCCCCCC)cc(S(N)(=O)=O)c1Oc1ccccc1. The Kier molecular flexibility index (Phi) is 11.2. The summed E-state index contributed by atoms with van der Waals surface area (Å²) in [5.41, 5.74) is 0.505. The highest BCUT2D eigenvalue weighted by Gasteiger charge is 2.24. The van der Waals surface area contributed by atoms with Gasteiger partial charge in [0.15, 0.2) is 5.75 Å². The monoisotopic (exact) mass is 476 g/mol. The molecule has 33 heavy (non-hydrogen) atoms. The normalized spacial score (nSPS) is 11.2. The number of hydrogen-bond donors (Lipinski definition) is 2. The summed E-state index contributed by atoms with van der Waals surface area (Å²) < 4.78 is 36.2. The summed E-state index contributed by atoms with van der Waals surface area (Å²) in [7, 11) is -4.18. The molecule has 2 aromatic rings. The molecule has 0 aliphatic heterocycles. The number of unbranched alkanes of at least 4 members (excludes halogenated alkanes) is 6. The Morgan fingerprint density at radius 1 is 0.939 bits per heavy atom. The molecule has 0 amide bonds. The average Bonchev–Trinajstić information content (AvgIpc) is 2.79. The zero-order valence-corrected chi connectivity index (χ0v) is 20.5. The van der Waals surface area contributed by atoms with Crippen molar-refractivity contribution in [2.75, 3.05) is 18.5 Å². The molecule has 182 valence electrons. The molecule has 0 bridgehead atoms. The highest BCUT2D eigenvalue weighted by Crippen LogP contribution is 2.37. The summed E-state index contributed by atoms with van der Waals surface area (Å²) in [6.45, 7) is 5.13. The number of anilines is 1. The second-order valence-electron chi connectivity index (χ2n) is 8.00. The van der Waals surface area contributed by atoms with Crippen LogP contribution in [0, 0.1) is 0 Å². The van der Waals surface area contributed by atoms with Crippen LogP contribution >= 0.6 is 0 Å². The van der Waals surface area contributed by atoms with Crippen molar-refractivity contribution >= 4 is 21.7 Å². The van der Waals surface area contributed by atoms with Crippen molar-refractivity contribution in [1.29, 1.82) is 0 Å². The van der Waals surface area contributed by atoms with Gasteiger partial charge in [0.05, 0.1) is 17.9 Å². The number of primary sulfonamides is 1. The Morgan fingerprint density at radius 3 is 2.24 bits per heavy atom. The van der Waals surface area contributed by atoms with E-state index in [0.29, 0.717) is 18.0 Å². The molecule has 8 heteroatoms. The van der Waals surface area contributed by atoms with Crippen LogP contribution in [0.3, 0.4) is 0 Å². The minimum atomic E-state index is -4.18. The second kappa shape index (κ2) is 13.9. The van der Waals surface area contributed by atoms with Crippen LogP contribution in [0.2, 0.25) is 0 Å². The molecule has 2 aromatic carbocycles. The Bertz CT molecular complexity index is 978. The summed E-state index contributed by atoms with van der Waals surface area (Å²) >= 11 is 0. The lowest BCUT2D eigenvalue weighted by molar-refractivity contribution is 0.0497. The lowest BCUT2D eigenvalue weighted by Gasteiger charge is -2.18. The highest BCUT2D eigenvalue weighted by molar-refractivity contribution is 7.89. The zero-order chi connectivity index (χ0) is 24.1. The summed E-state index contributed by atoms with van der Waals surface area (Å²) in [4.78, 5) is 12.4. The first-order valence-corrected chi connectivity index (χ1v) is 13.3. The van der Waals surface area contributed by atoms with Crippen molar-refractivity contribution in [1.82, 2.24) is 0 Å². The Labute approximate surface area is 197 Å². The van der Waals surface area contributed by atoms with E-state index < -0.39 is 16.0 Å². The first-order chi connectivity index (χ1) is 15.9. The Morgan fingerprint density at radius 2 is 1.61 bits per heavy atom. The molecule has 0 aliphatic rings. The first kappa shape index (κ1) is 26.7. The molecular weight excluding hydrogens is 440 g/mol. The molecule has 0 heterocycles. The third-order valence-corrected chi connectivity index (χ3v) is 6.05. The van der Waals surface area contributed by atoms with Crippen molar-refractivity contribution in [2.45, 2.75) is 70.1 Å². The van der Waals surface area contributed by atoms with Gasteiger partial charge in [0.25, 0.3) is 0 Å². The molecule has 0 fully saturated rings. The van der Waals surface area contributed by atoms with Gasteiger partial charge in [-0.25, -0.2) is 18.4 Å². The molecule has 0 unspecified atom stereocenters. The summed E-state index contributed by atoms with van der Waals surface area (Å²) in [5, 5.41) is 8.74. The number of rotatable bonds is 15. The van der Waals surface area contributed by atoms with Crippen LogP contribution in [0.5, 0.6) is 11.5 Å². The maximum absolute atomic E-state index is 12.7. The van der Waals surface area contributed by atoms with E-state index in [0.717, 1.165) is 51.4 Å². The van der Waals surface area contributed by atoms with E-state index in [9.17, 15) is 13.2 Å². The van der Waals surface area contributed by atoms with Gasteiger partial charge in [-0.1, -0.05) is 70.6 Å². The Hall–Kier alpha value is -2.58. The van der Waals surface area contributed by atoms with E-state index in [4.69, 9.17) is 14.6 Å². The quantitative estimate of drug-likeness (QED) is 0.246. The fourth-order valence-electron chi connectivity index (χ4n) is 3.33. The van der Waals surface area contributed by atoms with Gasteiger partial charge in [-0.05, 0) is 37.1 Å². The third-order valence-electron chi connectivity index (χ3n) is 5.14. The molecule has 3 N–H and O–H groups in total. The predicted molar refractivity (Wildman–Crippen MR) is 131 cm³/mol. The minimum Gasteiger partial charge on any atom is -0.462 e. The van der Waals surface area contributed by atoms with Crippen molar-refractivity contribution in [3.8, 4) is 11.5 Å². The van der Waals surface area contributed by atoms with E-state index in [1.54, 1.807) is 30.3 Å². The number of hydrogen-bond acceptors (Lipinski definition) is 6. The number of sulfonamides is 1. The number of carbonyl (C=O) groups excluding carboxylic acids is 1. The number of esters is 1. The highest BCUT2D eigenvalue weighted by atomic mass is 32.2. The van der Waals surface area contributed by atoms with Gasteiger partial charge in [0, 0.05) is 6.54 Å². The summed E-state index contributed by atoms with van der Waals surface area (Å²) in [6, 6.07) is 11.6. The van der Waals surface area contributed by atoms with E-state index in [2.05, 4.69) is 19.2 Å². The van der Waals surface area contributed by atoms with Gasteiger partial charge >= 0.3 is 5.97 Å². The lowest BCUT2D eigenvalue weighted by atomic mass is 10.1. The smallest absolute Gasteiger partial charge is 0.338 e. The van der Waals surface area contributed by atoms with E-state index in [-0.39, 0.29) is 22.8 Å². The predicted octanol–water partition coefficient (Wildman–Crippen LogP) is 5.86. The number of nitrogens with two attached hydrogens (primary N) is 1. The molecule has 0 radical (unpaired) electrons. The molecule has 7 nitrogen and oxygen atoms in total. The fraction of sp³-hybridized carbons (Fsp3) is 0.480. The van der Waals surface area contributed by atoms with Crippen LogP contribution < -0.4 is 15.2 Å². The zero-order valence-electron chi connectivity index (χ0n) is 19.6. The van der Waals surface area contributed by atoms with Gasteiger partial charge in [-0.2, -0.15) is 0 Å². The molecule has 0 aromatic heterocycles. The van der Waals surface area contributed by atoms with Crippen LogP contribution in [-0.2, 0) is 14.8 Å². The molecule has 0 spiro atoms. The van der Waals surface area contributed by atoms with E-state index in [1.807, 2.05) is 6.07 Å². The number of carbonyl (C=O) groups is 1. The van der Waals surface area contributed by atoms with Crippen LogP contribution in [0.1, 0.15) is 75.6 Å². The number of ether oxygens (including phenoxy) is 2. The number of nitrogens with one attached hydrogen (secondary N) is 1. The Balaban J connectivity index is 2.35. The minimum absolute atomic E-state index is 0.0682. The van der Waals surface area contributed by atoms with Gasteiger partial charge in [-0.15, -0.1) is 0 Å². The third kappa shape index (κ3) is 9.06. The van der Waals surface area contributed by atoms with Crippen LogP contribution in [0.15, 0.2) is 47.4 Å². The second-order valence-corrected chi connectivity index (χ2v) is 9.53. The lowest BCUT2D eigenvalue weighted by Crippen LogP contribution is -2.17. The van der Waals surface area contributed by atoms with Crippen LogP contribution in [0.25, 0.3) is 0 Å². The van der Waals surface area contributed by atoms with Crippen molar-refractivity contribution in [2.24, 2.45) is 5.14 Å². The van der Waals surface area contributed by atoms with Gasteiger partial charge < -0.3 is 14.8 Å². The topological polar surface area (TPSA) is 108 Å². The largest absolute Gasteiger partial charge is 0.462 e. The number of benzene rings is 2. The maximum atomic E-state index is 12.7. The van der Waals surface area contributed by atoms with Crippen molar-refractivity contribution in [3.63, 3.8) is 0 Å². The molecule has 0 aliphatic carbocycles. The standard InChI is InChI=1S/C25H36N2O5S/c1-3-5-7-12-16-27-22-18-20(25(28)31-17-13-8-6-4-2)19-23(33(26,29)30)24(22)32-21-14-10-9-11-15-21/h9-11,14-15,18-19,27H,3-8,12-13,16-17H2,1-2H3,(H2,26,29,30). The van der Waals surface area contributed by atoms with Crippen molar-refractivity contribution in [3.05, 3.63) is 48.0 Å². The van der Waals surface area contributed by atoms with E-state index >= 15 is 0 Å². The molecule has 0 saturated heterocycles. The van der Waals surface area contributed by atoms with Crippen molar-refractivity contribution < 1.29 is 22.7 Å². The van der Waals surface area contributed by atoms with Crippen LogP contribution in [0.4, 0.5) is 5.69 Å². The molecule has 2 rings (SSSR count). The van der Waals surface area contributed by atoms with Gasteiger partial charge in [0.1, 0.15) is 10.6 Å². The average molecular weight is 477 g/mol. The molecule has 0 atom stereocenters. The maximum Gasteiger partial charge on any atom is 0.338 e. The fourth-order valence-corrected chi connectivity index (χ4v) is 4.03. The molecular formula is C25H36N2O5S. The van der Waals surface area contributed by atoms with Gasteiger partial charge in [-0.3, -0.25) is 0 Å². The molecule has 0 saturated carbocycles. The van der Waals surface area contributed by atoms with E-state index in [1.165, 1.54) is 6.07 Å².